The molecule has 0 atom stereocenters. The van der Waals surface area contributed by atoms with Crippen LogP contribution in [0.2, 0.25) is 0 Å². The van der Waals surface area contributed by atoms with Crippen LogP contribution in [0.5, 0.6) is 5.75 Å². The number of methoxy groups -OCH3 is 1. The Labute approximate surface area is 122 Å². The molecule has 19 heavy (non-hydrogen) atoms. The average molecular weight is 285 g/mol. The molecule has 1 heterocycles. The Bertz CT molecular complexity index is 390. The van der Waals surface area contributed by atoms with E-state index in [1.807, 2.05) is 0 Å². The molecule has 0 spiro atoms. The number of hydrogen-bond acceptors (Lipinski definition) is 3. The molecule has 0 bridgehead atoms. The summed E-state index contributed by atoms with van der Waals surface area (Å²) >= 11 is 0. The van der Waals surface area contributed by atoms with Crippen molar-refractivity contribution in [1.29, 1.82) is 0 Å². The summed E-state index contributed by atoms with van der Waals surface area (Å²) in [6.45, 7) is 6.33. The van der Waals surface area contributed by atoms with Crippen molar-refractivity contribution in [3.63, 3.8) is 0 Å². The first-order valence-corrected chi connectivity index (χ1v) is 6.79. The zero-order chi connectivity index (χ0) is 13.0. The largest absolute Gasteiger partial charge is 0.496 e. The highest BCUT2D eigenvalue weighted by Crippen LogP contribution is 2.22. The highest BCUT2D eigenvalue weighted by Gasteiger charge is 2.17. The summed E-state index contributed by atoms with van der Waals surface area (Å²) in [7, 11) is 1.72. The second-order valence-electron chi connectivity index (χ2n) is 5.26. The first kappa shape index (κ1) is 16.3. The summed E-state index contributed by atoms with van der Waals surface area (Å²) in [5.74, 6) is 1.71. The van der Waals surface area contributed by atoms with E-state index in [2.05, 4.69) is 30.0 Å². The van der Waals surface area contributed by atoms with Crippen molar-refractivity contribution in [2.75, 3.05) is 26.7 Å². The van der Waals surface area contributed by atoms with Gasteiger partial charge in [0.2, 0.25) is 0 Å². The zero-order valence-electron chi connectivity index (χ0n) is 11.9. The fraction of sp³-hybridized carbons (Fsp3) is 0.600. The molecule has 1 aromatic carbocycles. The molecule has 2 N–H and O–H groups in total. The van der Waals surface area contributed by atoms with Gasteiger partial charge in [0, 0.05) is 6.54 Å². The molecule has 0 aromatic heterocycles. The van der Waals surface area contributed by atoms with Crippen molar-refractivity contribution < 1.29 is 4.74 Å². The van der Waals surface area contributed by atoms with E-state index >= 15 is 0 Å². The van der Waals surface area contributed by atoms with E-state index in [1.165, 1.54) is 37.1 Å². The van der Waals surface area contributed by atoms with Gasteiger partial charge < -0.3 is 10.5 Å². The molecule has 4 heteroatoms. The topological polar surface area (TPSA) is 38.5 Å². The standard InChI is InChI=1S/C15H24N2O.ClH/c1-12-9-14(3-4-15(12)18-2)11-17-7-5-13(10-16)6-8-17;/h3-4,9,13H,5-8,10-11,16H2,1-2H3;1H. The minimum Gasteiger partial charge on any atom is -0.496 e. The Morgan fingerprint density at radius 1 is 1.32 bits per heavy atom. The predicted molar refractivity (Wildman–Crippen MR) is 82.0 cm³/mol. The minimum atomic E-state index is 0. The van der Waals surface area contributed by atoms with Crippen LogP contribution in [0, 0.1) is 12.8 Å². The Morgan fingerprint density at radius 2 is 2.00 bits per heavy atom. The van der Waals surface area contributed by atoms with Gasteiger partial charge in [0.05, 0.1) is 7.11 Å². The summed E-state index contributed by atoms with van der Waals surface area (Å²) in [6, 6.07) is 6.46. The molecule has 2 rings (SSSR count). The predicted octanol–water partition coefficient (Wildman–Crippen LogP) is 2.60. The Hall–Kier alpha value is -0.770. The van der Waals surface area contributed by atoms with E-state index in [-0.39, 0.29) is 12.4 Å². The summed E-state index contributed by atoms with van der Waals surface area (Å²) < 4.78 is 5.29. The Balaban J connectivity index is 0.00000180. The number of piperidine rings is 1. The Morgan fingerprint density at radius 3 is 2.53 bits per heavy atom. The summed E-state index contributed by atoms with van der Waals surface area (Å²) in [6.07, 6.45) is 2.48. The quantitative estimate of drug-likeness (QED) is 0.924. The molecule has 1 saturated heterocycles. The van der Waals surface area contributed by atoms with Crippen LogP contribution < -0.4 is 10.5 Å². The van der Waals surface area contributed by atoms with Gasteiger partial charge >= 0.3 is 0 Å². The van der Waals surface area contributed by atoms with Crippen LogP contribution in [-0.4, -0.2) is 31.6 Å². The highest BCUT2D eigenvalue weighted by atomic mass is 35.5. The number of nitrogens with zero attached hydrogens (tertiary/aromatic N) is 1. The summed E-state index contributed by atoms with van der Waals surface area (Å²) in [5, 5.41) is 0. The zero-order valence-corrected chi connectivity index (χ0v) is 12.7. The third kappa shape index (κ3) is 4.37. The molecule has 0 amide bonds. The molecule has 0 unspecified atom stereocenters. The minimum absolute atomic E-state index is 0. The van der Waals surface area contributed by atoms with Gasteiger partial charge in [-0.05, 0) is 62.5 Å². The van der Waals surface area contributed by atoms with Crippen LogP contribution in [0.3, 0.4) is 0 Å². The van der Waals surface area contributed by atoms with Gasteiger partial charge in [-0.2, -0.15) is 0 Å². The van der Waals surface area contributed by atoms with Gasteiger partial charge in [-0.1, -0.05) is 12.1 Å². The van der Waals surface area contributed by atoms with Crippen LogP contribution in [0.4, 0.5) is 0 Å². The number of likely N-dealkylation sites (tertiary alicyclic amines) is 1. The summed E-state index contributed by atoms with van der Waals surface area (Å²) in [4.78, 5) is 2.52. The molecule has 108 valence electrons. The third-order valence-corrected chi connectivity index (χ3v) is 3.91. The SMILES string of the molecule is COc1ccc(CN2CCC(CN)CC2)cc1C.Cl. The van der Waals surface area contributed by atoms with Crippen LogP contribution in [0.1, 0.15) is 24.0 Å². The molecule has 1 fully saturated rings. The van der Waals surface area contributed by atoms with Crippen molar-refractivity contribution in [2.24, 2.45) is 11.7 Å². The average Bonchev–Trinajstić information content (AvgIpc) is 2.40. The molecule has 1 aliphatic rings. The lowest BCUT2D eigenvalue weighted by atomic mass is 9.96. The maximum Gasteiger partial charge on any atom is 0.121 e. The van der Waals surface area contributed by atoms with Gasteiger partial charge in [-0.15, -0.1) is 12.4 Å². The molecule has 0 aliphatic carbocycles. The second-order valence-corrected chi connectivity index (χ2v) is 5.26. The summed E-state index contributed by atoms with van der Waals surface area (Å²) in [5.41, 5.74) is 8.31. The lowest BCUT2D eigenvalue weighted by Gasteiger charge is -2.31. The van der Waals surface area contributed by atoms with Crippen molar-refractivity contribution >= 4 is 12.4 Å². The molecule has 1 aromatic rings. The van der Waals surface area contributed by atoms with Crippen LogP contribution in [-0.2, 0) is 6.54 Å². The number of benzene rings is 1. The second kappa shape index (κ2) is 7.73. The van der Waals surface area contributed by atoms with E-state index in [1.54, 1.807) is 7.11 Å². The number of halogens is 1. The molecule has 1 aliphatic heterocycles. The first-order valence-electron chi connectivity index (χ1n) is 6.79. The van der Waals surface area contributed by atoms with E-state index < -0.39 is 0 Å². The van der Waals surface area contributed by atoms with Gasteiger partial charge in [0.1, 0.15) is 5.75 Å². The van der Waals surface area contributed by atoms with E-state index in [9.17, 15) is 0 Å². The molecule has 0 radical (unpaired) electrons. The maximum absolute atomic E-state index is 5.72. The number of hydrogen-bond donors (Lipinski definition) is 1. The van der Waals surface area contributed by atoms with E-state index in [0.717, 1.165) is 24.8 Å². The monoisotopic (exact) mass is 284 g/mol. The van der Waals surface area contributed by atoms with E-state index in [0.29, 0.717) is 0 Å². The van der Waals surface area contributed by atoms with Crippen molar-refractivity contribution in [3.05, 3.63) is 29.3 Å². The maximum atomic E-state index is 5.72. The van der Waals surface area contributed by atoms with Gasteiger partial charge in [-0.25, -0.2) is 0 Å². The number of aryl methyl sites for hydroxylation is 1. The lowest BCUT2D eigenvalue weighted by Crippen LogP contribution is -2.35. The third-order valence-electron chi connectivity index (χ3n) is 3.91. The normalized spacial score (nSPS) is 17.0. The van der Waals surface area contributed by atoms with Gasteiger partial charge in [0.25, 0.3) is 0 Å². The number of ether oxygens (including phenoxy) is 1. The van der Waals surface area contributed by atoms with Crippen molar-refractivity contribution in [1.82, 2.24) is 4.90 Å². The lowest BCUT2D eigenvalue weighted by molar-refractivity contribution is 0.180. The highest BCUT2D eigenvalue weighted by molar-refractivity contribution is 5.85. The van der Waals surface area contributed by atoms with Gasteiger partial charge in [-0.3, -0.25) is 4.90 Å². The molecule has 3 nitrogen and oxygen atoms in total. The van der Waals surface area contributed by atoms with Crippen LogP contribution >= 0.6 is 12.4 Å². The fourth-order valence-corrected chi connectivity index (χ4v) is 2.68. The Kier molecular flexibility index (Phi) is 6.63. The van der Waals surface area contributed by atoms with Gasteiger partial charge in [0.15, 0.2) is 0 Å². The number of nitrogens with two attached hydrogens (primary N) is 1. The molecule has 0 saturated carbocycles. The molecular formula is C15H25ClN2O. The van der Waals surface area contributed by atoms with Crippen LogP contribution in [0.15, 0.2) is 18.2 Å². The van der Waals surface area contributed by atoms with E-state index in [4.69, 9.17) is 10.5 Å². The van der Waals surface area contributed by atoms with Crippen LogP contribution in [0.25, 0.3) is 0 Å². The van der Waals surface area contributed by atoms with Crippen molar-refractivity contribution in [2.45, 2.75) is 26.3 Å². The number of rotatable bonds is 4. The smallest absolute Gasteiger partial charge is 0.121 e. The fourth-order valence-electron chi connectivity index (χ4n) is 2.68. The first-order chi connectivity index (χ1) is 8.72. The van der Waals surface area contributed by atoms with Crippen molar-refractivity contribution in [3.8, 4) is 5.75 Å². The molecular weight excluding hydrogens is 260 g/mol.